The maximum atomic E-state index is 9.57. The average Bonchev–Trinajstić information content (AvgIpc) is 3.57. The SMILES string of the molecule is [B]c1nn(-c2cc(N3CCO[C@@H](CO)C3)nc(C)n2)c2cc(C3CCN([C@@H]4CCOC4)CC3)c(C)cc12. The first-order chi connectivity index (χ1) is 18.0. The van der Waals surface area contributed by atoms with E-state index >= 15 is 0 Å². The summed E-state index contributed by atoms with van der Waals surface area (Å²) in [4.78, 5) is 14.1. The van der Waals surface area contributed by atoms with E-state index in [-0.39, 0.29) is 12.7 Å². The number of hydrogen-bond acceptors (Lipinski definition) is 8. The van der Waals surface area contributed by atoms with Crippen molar-refractivity contribution in [3.63, 3.8) is 0 Å². The lowest BCUT2D eigenvalue weighted by molar-refractivity contribution is 0.00335. The third kappa shape index (κ3) is 4.88. The fourth-order valence-electron chi connectivity index (χ4n) is 6.15. The summed E-state index contributed by atoms with van der Waals surface area (Å²) in [7, 11) is 6.41. The monoisotopic (exact) mass is 502 g/mol. The Kier molecular flexibility index (Phi) is 6.92. The third-order valence-electron chi connectivity index (χ3n) is 8.18. The van der Waals surface area contributed by atoms with Crippen LogP contribution in [0.5, 0.6) is 0 Å². The number of aryl methyl sites for hydroxylation is 2. The fourth-order valence-corrected chi connectivity index (χ4v) is 6.15. The molecule has 2 aromatic heterocycles. The molecular formula is C27H35BN6O3. The van der Waals surface area contributed by atoms with Gasteiger partial charge in [-0.3, -0.25) is 4.90 Å². The van der Waals surface area contributed by atoms with Crippen molar-refractivity contribution >= 4 is 30.2 Å². The highest BCUT2D eigenvalue weighted by Crippen LogP contribution is 2.34. The molecule has 3 aliphatic heterocycles. The van der Waals surface area contributed by atoms with Crippen molar-refractivity contribution in [2.75, 3.05) is 57.5 Å². The van der Waals surface area contributed by atoms with E-state index in [9.17, 15) is 5.11 Å². The smallest absolute Gasteiger partial charge is 0.159 e. The summed E-state index contributed by atoms with van der Waals surface area (Å²) in [5.41, 5.74) is 4.12. The quantitative estimate of drug-likeness (QED) is 0.524. The van der Waals surface area contributed by atoms with Gasteiger partial charge in [0.15, 0.2) is 5.82 Å². The summed E-state index contributed by atoms with van der Waals surface area (Å²) in [6.45, 7) is 9.91. The summed E-state index contributed by atoms with van der Waals surface area (Å²) in [6.07, 6.45) is 3.23. The molecule has 6 rings (SSSR count). The third-order valence-corrected chi connectivity index (χ3v) is 8.18. The summed E-state index contributed by atoms with van der Waals surface area (Å²) in [5.74, 6) is 2.68. The van der Waals surface area contributed by atoms with Gasteiger partial charge in [-0.25, -0.2) is 14.6 Å². The first-order valence-electron chi connectivity index (χ1n) is 13.4. The molecule has 1 N–H and O–H groups in total. The molecule has 0 saturated carbocycles. The van der Waals surface area contributed by atoms with Gasteiger partial charge in [0.1, 0.15) is 19.5 Å². The van der Waals surface area contributed by atoms with Crippen LogP contribution >= 0.6 is 0 Å². The molecule has 194 valence electrons. The number of aromatic nitrogens is 4. The van der Waals surface area contributed by atoms with Crippen LogP contribution in [0.1, 0.15) is 42.1 Å². The van der Waals surface area contributed by atoms with Gasteiger partial charge < -0.3 is 19.5 Å². The Morgan fingerprint density at radius 3 is 2.59 bits per heavy atom. The molecule has 10 heteroatoms. The summed E-state index contributed by atoms with van der Waals surface area (Å²) in [6, 6.07) is 7.00. The van der Waals surface area contributed by atoms with Crippen LogP contribution in [0.25, 0.3) is 16.7 Å². The number of aliphatic hydroxyl groups excluding tert-OH is 1. The second kappa shape index (κ2) is 10.3. The summed E-state index contributed by atoms with van der Waals surface area (Å²) >= 11 is 0. The zero-order valence-electron chi connectivity index (χ0n) is 21.8. The highest BCUT2D eigenvalue weighted by molar-refractivity contribution is 6.37. The van der Waals surface area contributed by atoms with Gasteiger partial charge in [-0.05, 0) is 75.4 Å². The molecule has 9 nitrogen and oxygen atoms in total. The molecule has 2 atom stereocenters. The van der Waals surface area contributed by atoms with Gasteiger partial charge in [-0.1, -0.05) is 0 Å². The van der Waals surface area contributed by atoms with Crippen LogP contribution in [0.3, 0.4) is 0 Å². The topological polar surface area (TPSA) is 88.8 Å². The molecule has 3 aliphatic rings. The zero-order valence-corrected chi connectivity index (χ0v) is 21.8. The average molecular weight is 502 g/mol. The van der Waals surface area contributed by atoms with Crippen LogP contribution in [0.15, 0.2) is 18.2 Å². The van der Waals surface area contributed by atoms with E-state index in [1.165, 1.54) is 11.1 Å². The van der Waals surface area contributed by atoms with Gasteiger partial charge in [0.25, 0.3) is 0 Å². The Morgan fingerprint density at radius 2 is 1.84 bits per heavy atom. The maximum absolute atomic E-state index is 9.57. The van der Waals surface area contributed by atoms with Crippen molar-refractivity contribution in [2.45, 2.75) is 51.2 Å². The first kappa shape index (κ1) is 24.8. The van der Waals surface area contributed by atoms with E-state index < -0.39 is 0 Å². The number of fused-ring (bicyclic) bond motifs is 1. The van der Waals surface area contributed by atoms with E-state index in [0.717, 1.165) is 62.3 Å². The number of nitrogens with zero attached hydrogens (tertiary/aromatic N) is 6. The second-order valence-corrected chi connectivity index (χ2v) is 10.6. The Labute approximate surface area is 219 Å². The summed E-state index contributed by atoms with van der Waals surface area (Å²) < 4.78 is 13.1. The van der Waals surface area contributed by atoms with Gasteiger partial charge in [0, 0.05) is 42.8 Å². The van der Waals surface area contributed by atoms with Gasteiger partial charge >= 0.3 is 0 Å². The number of anilines is 1. The zero-order chi connectivity index (χ0) is 25.5. The number of aliphatic hydroxyl groups is 1. The predicted molar refractivity (Wildman–Crippen MR) is 143 cm³/mol. The number of rotatable bonds is 5. The van der Waals surface area contributed by atoms with Crippen LogP contribution in [0.4, 0.5) is 5.82 Å². The Balaban J connectivity index is 1.31. The Morgan fingerprint density at radius 1 is 1.03 bits per heavy atom. The summed E-state index contributed by atoms with van der Waals surface area (Å²) in [5, 5.41) is 15.2. The molecule has 1 aromatic carbocycles. The number of benzene rings is 1. The lowest BCUT2D eigenvalue weighted by atomic mass is 9.85. The number of morpholine rings is 1. The molecule has 0 bridgehead atoms. The standard InChI is InChI=1S/C27H35BN6O3/c1-17-11-23-24(12-22(17)19-3-6-32(7-4-19)20-5-9-36-16-20)34(31-27(23)28)26-13-25(29-18(2)30-26)33-8-10-37-21(14-33)15-35/h11-13,19-21,35H,3-10,14-16H2,1-2H3/t20-,21-/m1/s1. The minimum Gasteiger partial charge on any atom is -0.394 e. The number of piperidine rings is 1. The molecule has 37 heavy (non-hydrogen) atoms. The van der Waals surface area contributed by atoms with Crippen LogP contribution in [0.2, 0.25) is 0 Å². The molecule has 0 spiro atoms. The van der Waals surface area contributed by atoms with E-state index in [1.54, 1.807) is 0 Å². The van der Waals surface area contributed by atoms with E-state index in [2.05, 4.69) is 33.8 Å². The van der Waals surface area contributed by atoms with E-state index in [0.29, 0.717) is 48.9 Å². The molecule has 2 radical (unpaired) electrons. The normalized spacial score (nSPS) is 23.8. The second-order valence-electron chi connectivity index (χ2n) is 10.6. The first-order valence-corrected chi connectivity index (χ1v) is 13.4. The van der Waals surface area contributed by atoms with Crippen molar-refractivity contribution in [3.8, 4) is 5.82 Å². The van der Waals surface area contributed by atoms with Crippen LogP contribution in [0, 0.1) is 13.8 Å². The van der Waals surface area contributed by atoms with Gasteiger partial charge in [0.2, 0.25) is 0 Å². The van der Waals surface area contributed by atoms with Crippen molar-refractivity contribution in [3.05, 3.63) is 35.2 Å². The number of hydrogen-bond donors (Lipinski definition) is 1. The van der Waals surface area contributed by atoms with Gasteiger partial charge in [-0.15, -0.1) is 0 Å². The largest absolute Gasteiger partial charge is 0.394 e. The molecule has 3 saturated heterocycles. The van der Waals surface area contributed by atoms with Crippen molar-refractivity contribution in [2.24, 2.45) is 0 Å². The maximum Gasteiger partial charge on any atom is 0.159 e. The van der Waals surface area contributed by atoms with Gasteiger partial charge in [0.05, 0.1) is 31.4 Å². The van der Waals surface area contributed by atoms with Crippen LogP contribution < -0.4 is 10.5 Å². The van der Waals surface area contributed by atoms with Crippen LogP contribution in [-0.4, -0.2) is 102 Å². The molecule has 0 unspecified atom stereocenters. The van der Waals surface area contributed by atoms with Crippen LogP contribution in [-0.2, 0) is 9.47 Å². The number of likely N-dealkylation sites (tertiary alicyclic amines) is 1. The molecule has 3 fully saturated rings. The van der Waals surface area contributed by atoms with E-state index in [4.69, 9.17) is 27.4 Å². The highest BCUT2D eigenvalue weighted by Gasteiger charge is 2.29. The Bertz CT molecular complexity index is 1270. The highest BCUT2D eigenvalue weighted by atomic mass is 16.5. The number of ether oxygens (including phenoxy) is 2. The molecule has 0 amide bonds. The van der Waals surface area contributed by atoms with Crippen molar-refractivity contribution in [1.29, 1.82) is 0 Å². The van der Waals surface area contributed by atoms with Crippen molar-refractivity contribution in [1.82, 2.24) is 24.6 Å². The molecular weight excluding hydrogens is 467 g/mol. The predicted octanol–water partition coefficient (Wildman–Crippen LogP) is 1.39. The minimum absolute atomic E-state index is 0.0107. The minimum atomic E-state index is -0.216. The fraction of sp³-hybridized carbons (Fsp3) is 0.593. The molecule has 5 heterocycles. The van der Waals surface area contributed by atoms with Crippen molar-refractivity contribution < 1.29 is 14.6 Å². The molecule has 3 aromatic rings. The lowest BCUT2D eigenvalue weighted by Gasteiger charge is -2.36. The van der Waals surface area contributed by atoms with E-state index in [1.807, 2.05) is 17.7 Å². The van der Waals surface area contributed by atoms with Gasteiger partial charge in [-0.2, -0.15) is 5.10 Å². The molecule has 0 aliphatic carbocycles. The lowest BCUT2D eigenvalue weighted by Crippen LogP contribution is -2.44. The Hall–Kier alpha value is -2.53.